The molecule has 0 aliphatic heterocycles. The zero-order chi connectivity index (χ0) is 10.2. The molecule has 1 amide bonds. The molecule has 80 valence electrons. The Balaban J connectivity index is 2.07. The van der Waals surface area contributed by atoms with Crippen molar-refractivity contribution in [3.8, 4) is 0 Å². The van der Waals surface area contributed by atoms with Crippen LogP contribution in [-0.2, 0) is 4.79 Å². The number of rotatable bonds is 3. The molecule has 3 saturated carbocycles. The van der Waals surface area contributed by atoms with Crippen LogP contribution in [-0.4, -0.2) is 12.5 Å². The van der Waals surface area contributed by atoms with E-state index in [0.29, 0.717) is 16.9 Å². The van der Waals surface area contributed by atoms with Crippen LogP contribution in [0.25, 0.3) is 0 Å². The van der Waals surface area contributed by atoms with Gasteiger partial charge >= 0.3 is 0 Å². The van der Waals surface area contributed by atoms with E-state index in [0.717, 1.165) is 6.41 Å². The number of amides is 1. The zero-order valence-electron chi connectivity index (χ0n) is 9.31. The highest BCUT2D eigenvalue weighted by atomic mass is 16.1. The molecule has 3 rings (SSSR count). The van der Waals surface area contributed by atoms with Crippen molar-refractivity contribution >= 4 is 6.41 Å². The van der Waals surface area contributed by atoms with Gasteiger partial charge in [0.1, 0.15) is 0 Å². The van der Waals surface area contributed by atoms with Gasteiger partial charge in [-0.05, 0) is 56.3 Å². The maximum Gasteiger partial charge on any atom is 0.207 e. The lowest BCUT2D eigenvalue weighted by molar-refractivity contribution is -0.112. The Morgan fingerprint density at radius 1 is 1.14 bits per heavy atom. The molecule has 14 heavy (non-hydrogen) atoms. The summed E-state index contributed by atoms with van der Waals surface area (Å²) in [6.07, 6.45) is 8.87. The first-order valence-corrected chi connectivity index (χ1v) is 5.80. The Bertz CT molecular complexity index is 212. The van der Waals surface area contributed by atoms with Crippen LogP contribution in [0, 0.1) is 10.8 Å². The molecular formula is C12H21NO. The van der Waals surface area contributed by atoms with E-state index in [1.54, 1.807) is 0 Å². The second-order valence-corrected chi connectivity index (χ2v) is 5.68. The number of hydrogen-bond donors (Lipinski definition) is 1. The van der Waals surface area contributed by atoms with Gasteiger partial charge in [0, 0.05) is 6.04 Å². The Morgan fingerprint density at radius 3 is 2.07 bits per heavy atom. The molecule has 3 aliphatic carbocycles. The molecule has 0 aromatic rings. The average molecular weight is 195 g/mol. The summed E-state index contributed by atoms with van der Waals surface area (Å²) >= 11 is 0. The topological polar surface area (TPSA) is 29.1 Å². The van der Waals surface area contributed by atoms with Crippen molar-refractivity contribution in [3.05, 3.63) is 0 Å². The fraction of sp³-hybridized carbons (Fsp3) is 0.917. The summed E-state index contributed by atoms with van der Waals surface area (Å²) in [6.45, 7) is 4.59. The molecule has 1 N–H and O–H groups in total. The van der Waals surface area contributed by atoms with E-state index in [2.05, 4.69) is 19.2 Å². The molecular weight excluding hydrogens is 174 g/mol. The van der Waals surface area contributed by atoms with Crippen LogP contribution in [0.1, 0.15) is 52.4 Å². The second kappa shape index (κ2) is 3.25. The van der Waals surface area contributed by atoms with Crippen molar-refractivity contribution in [3.63, 3.8) is 0 Å². The van der Waals surface area contributed by atoms with Gasteiger partial charge in [-0.15, -0.1) is 0 Å². The fourth-order valence-corrected chi connectivity index (χ4v) is 3.33. The molecule has 3 aliphatic rings. The Kier molecular flexibility index (Phi) is 2.32. The van der Waals surface area contributed by atoms with Gasteiger partial charge in [0.05, 0.1) is 0 Å². The smallest absolute Gasteiger partial charge is 0.207 e. The van der Waals surface area contributed by atoms with Gasteiger partial charge in [0.2, 0.25) is 6.41 Å². The van der Waals surface area contributed by atoms with E-state index in [9.17, 15) is 4.79 Å². The number of carbonyl (C=O) groups excluding carboxylic acids is 1. The molecule has 3 fully saturated rings. The molecule has 0 radical (unpaired) electrons. The summed E-state index contributed by atoms with van der Waals surface area (Å²) < 4.78 is 0. The van der Waals surface area contributed by atoms with E-state index >= 15 is 0 Å². The quantitative estimate of drug-likeness (QED) is 0.689. The van der Waals surface area contributed by atoms with Crippen molar-refractivity contribution in [2.45, 2.75) is 58.4 Å². The van der Waals surface area contributed by atoms with Gasteiger partial charge in [-0.3, -0.25) is 4.79 Å². The predicted octanol–water partition coefficient (Wildman–Crippen LogP) is 2.48. The maximum atomic E-state index is 10.5. The van der Waals surface area contributed by atoms with Gasteiger partial charge in [0.15, 0.2) is 0 Å². The van der Waals surface area contributed by atoms with Crippen LogP contribution in [0.2, 0.25) is 0 Å². The first-order chi connectivity index (χ1) is 6.60. The van der Waals surface area contributed by atoms with Crippen LogP contribution in [0.15, 0.2) is 0 Å². The molecule has 0 aromatic carbocycles. The fourth-order valence-electron chi connectivity index (χ4n) is 3.33. The first kappa shape index (κ1) is 10.0. The summed E-state index contributed by atoms with van der Waals surface area (Å²) in [7, 11) is 0. The molecule has 1 unspecified atom stereocenters. The van der Waals surface area contributed by atoms with Crippen LogP contribution in [0.3, 0.4) is 0 Å². The third kappa shape index (κ3) is 1.45. The zero-order valence-corrected chi connectivity index (χ0v) is 9.31. The molecule has 0 spiro atoms. The normalized spacial score (nSPS) is 43.3. The lowest BCUT2D eigenvalue weighted by atomic mass is 9.52. The van der Waals surface area contributed by atoms with E-state index in [1.165, 1.54) is 38.5 Å². The average Bonchev–Trinajstić information content (AvgIpc) is 2.20. The minimum atomic E-state index is 0.366. The van der Waals surface area contributed by atoms with Gasteiger partial charge in [-0.1, -0.05) is 6.92 Å². The molecule has 2 heteroatoms. The highest BCUT2D eigenvalue weighted by Gasteiger charge is 2.48. The Hall–Kier alpha value is -0.530. The van der Waals surface area contributed by atoms with Gasteiger partial charge in [-0.25, -0.2) is 0 Å². The molecule has 0 heterocycles. The minimum absolute atomic E-state index is 0.366. The standard InChI is InChI=1S/C12H21NO/c1-10(13-9-14)12-6-3-11(2,4-7-12)5-8-12/h9-10H,3-8H2,1-2H3,(H,13,14). The van der Waals surface area contributed by atoms with E-state index in [1.807, 2.05) is 0 Å². The van der Waals surface area contributed by atoms with E-state index in [-0.39, 0.29) is 0 Å². The van der Waals surface area contributed by atoms with Crippen LogP contribution < -0.4 is 5.32 Å². The summed E-state index contributed by atoms with van der Waals surface area (Å²) in [6, 6.07) is 0.366. The highest BCUT2D eigenvalue weighted by Crippen LogP contribution is 2.57. The van der Waals surface area contributed by atoms with E-state index in [4.69, 9.17) is 0 Å². The van der Waals surface area contributed by atoms with Crippen molar-refractivity contribution in [2.75, 3.05) is 0 Å². The van der Waals surface area contributed by atoms with E-state index < -0.39 is 0 Å². The van der Waals surface area contributed by atoms with Crippen LogP contribution >= 0.6 is 0 Å². The molecule has 2 nitrogen and oxygen atoms in total. The molecule has 2 bridgehead atoms. The molecule has 0 saturated heterocycles. The Labute approximate surface area is 86.5 Å². The summed E-state index contributed by atoms with van der Waals surface area (Å²) in [5.41, 5.74) is 1.06. The van der Waals surface area contributed by atoms with Crippen molar-refractivity contribution < 1.29 is 4.79 Å². The first-order valence-electron chi connectivity index (χ1n) is 5.80. The van der Waals surface area contributed by atoms with Crippen LogP contribution in [0.5, 0.6) is 0 Å². The number of fused-ring (bicyclic) bond motifs is 3. The third-order valence-corrected chi connectivity index (χ3v) is 4.92. The Morgan fingerprint density at radius 2 is 1.64 bits per heavy atom. The second-order valence-electron chi connectivity index (χ2n) is 5.68. The van der Waals surface area contributed by atoms with Gasteiger partial charge in [-0.2, -0.15) is 0 Å². The minimum Gasteiger partial charge on any atom is -0.356 e. The SMILES string of the molecule is CC(NC=O)C12CCC(C)(CC1)CC2. The lowest BCUT2D eigenvalue weighted by Crippen LogP contribution is -2.50. The van der Waals surface area contributed by atoms with Crippen molar-refractivity contribution in [1.82, 2.24) is 5.32 Å². The summed E-state index contributed by atoms with van der Waals surface area (Å²) in [4.78, 5) is 10.5. The van der Waals surface area contributed by atoms with Crippen molar-refractivity contribution in [1.29, 1.82) is 0 Å². The monoisotopic (exact) mass is 195 g/mol. The van der Waals surface area contributed by atoms with Gasteiger partial charge in [0.25, 0.3) is 0 Å². The molecule has 1 atom stereocenters. The summed E-state index contributed by atoms with van der Waals surface area (Å²) in [5, 5.41) is 2.96. The number of hydrogen-bond acceptors (Lipinski definition) is 1. The van der Waals surface area contributed by atoms with Crippen LogP contribution in [0.4, 0.5) is 0 Å². The third-order valence-electron chi connectivity index (χ3n) is 4.92. The van der Waals surface area contributed by atoms with Gasteiger partial charge < -0.3 is 5.32 Å². The maximum absolute atomic E-state index is 10.5. The van der Waals surface area contributed by atoms with Crippen molar-refractivity contribution in [2.24, 2.45) is 10.8 Å². The summed E-state index contributed by atoms with van der Waals surface area (Å²) in [5.74, 6) is 0. The highest BCUT2D eigenvalue weighted by molar-refractivity contribution is 5.46. The lowest BCUT2D eigenvalue weighted by Gasteiger charge is -2.54. The largest absolute Gasteiger partial charge is 0.356 e. The molecule has 0 aromatic heterocycles. The predicted molar refractivity (Wildman–Crippen MR) is 56.9 cm³/mol. The number of carbonyl (C=O) groups is 1. The number of nitrogens with one attached hydrogen (secondary N) is 1.